The first-order chi connectivity index (χ1) is 10.4. The highest BCUT2D eigenvalue weighted by Crippen LogP contribution is 2.34. The van der Waals surface area contributed by atoms with Gasteiger partial charge in [0.05, 0.1) is 0 Å². The van der Waals surface area contributed by atoms with Crippen LogP contribution in [0.3, 0.4) is 0 Å². The molecule has 1 aromatic carbocycles. The molecule has 0 atom stereocenters. The smallest absolute Gasteiger partial charge is 0.181 e. The molecular formula is C17H22N4. The lowest BCUT2D eigenvalue weighted by atomic mass is 9.89. The minimum Gasteiger partial charge on any atom is -0.385 e. The molecular weight excluding hydrogens is 260 g/mol. The van der Waals surface area contributed by atoms with E-state index in [1.54, 1.807) is 0 Å². The largest absolute Gasteiger partial charge is 0.385 e. The molecule has 4 heteroatoms. The van der Waals surface area contributed by atoms with Crippen molar-refractivity contribution in [1.82, 2.24) is 15.2 Å². The highest BCUT2D eigenvalue weighted by atomic mass is 15.2. The zero-order valence-corrected chi connectivity index (χ0v) is 12.4. The summed E-state index contributed by atoms with van der Waals surface area (Å²) in [5.41, 5.74) is 3.82. The van der Waals surface area contributed by atoms with Crippen LogP contribution in [-0.4, -0.2) is 21.7 Å². The van der Waals surface area contributed by atoms with Gasteiger partial charge in [-0.1, -0.05) is 31.4 Å². The average Bonchev–Trinajstić information content (AvgIpc) is 3.05. The molecule has 0 bridgehead atoms. The topological polar surface area (TPSA) is 53.6 Å². The van der Waals surface area contributed by atoms with Gasteiger partial charge in [-0.3, -0.25) is 5.10 Å². The van der Waals surface area contributed by atoms with Gasteiger partial charge >= 0.3 is 0 Å². The molecule has 0 unspecified atom stereocenters. The second-order valence-electron chi connectivity index (χ2n) is 6.24. The minimum absolute atomic E-state index is 0.581. The highest BCUT2D eigenvalue weighted by molar-refractivity contribution is 5.70. The van der Waals surface area contributed by atoms with Crippen LogP contribution in [0.2, 0.25) is 0 Å². The molecule has 1 aromatic heterocycles. The molecule has 2 aromatic rings. The summed E-state index contributed by atoms with van der Waals surface area (Å²) in [5.74, 6) is 2.54. The van der Waals surface area contributed by atoms with Crippen molar-refractivity contribution in [2.24, 2.45) is 0 Å². The number of H-pyrrole nitrogens is 1. The molecule has 4 rings (SSSR count). The lowest BCUT2D eigenvalue weighted by Gasteiger charge is -2.20. The summed E-state index contributed by atoms with van der Waals surface area (Å²) in [6, 6.07) is 6.41. The number of anilines is 1. The maximum Gasteiger partial charge on any atom is 0.181 e. The SMILES string of the molecule is c1cc2c(c(-c3n[nH]c(C4CCCCC4)n3)c1)CCCN2. The molecule has 2 aliphatic rings. The maximum atomic E-state index is 4.82. The van der Waals surface area contributed by atoms with E-state index >= 15 is 0 Å². The summed E-state index contributed by atoms with van der Waals surface area (Å²) < 4.78 is 0. The van der Waals surface area contributed by atoms with Crippen molar-refractivity contribution in [2.45, 2.75) is 50.9 Å². The molecule has 1 aliphatic heterocycles. The molecule has 0 spiro atoms. The summed E-state index contributed by atoms with van der Waals surface area (Å²) in [7, 11) is 0. The Morgan fingerprint density at radius 2 is 1.95 bits per heavy atom. The Morgan fingerprint density at radius 1 is 1.05 bits per heavy atom. The Hall–Kier alpha value is -1.84. The van der Waals surface area contributed by atoms with Gasteiger partial charge in [-0.2, -0.15) is 5.10 Å². The summed E-state index contributed by atoms with van der Waals surface area (Å²) in [4.78, 5) is 4.82. The summed E-state index contributed by atoms with van der Waals surface area (Å²) in [6.07, 6.45) is 8.83. The Labute approximate surface area is 125 Å². The second kappa shape index (κ2) is 5.51. The zero-order valence-electron chi connectivity index (χ0n) is 12.4. The van der Waals surface area contributed by atoms with Gasteiger partial charge in [-0.15, -0.1) is 0 Å². The predicted molar refractivity (Wildman–Crippen MR) is 84.5 cm³/mol. The first kappa shape index (κ1) is 12.9. The number of nitrogens with one attached hydrogen (secondary N) is 2. The molecule has 1 fully saturated rings. The van der Waals surface area contributed by atoms with Crippen LogP contribution in [0.5, 0.6) is 0 Å². The van der Waals surface area contributed by atoms with Crippen LogP contribution < -0.4 is 5.32 Å². The van der Waals surface area contributed by atoms with Crippen LogP contribution in [0.25, 0.3) is 11.4 Å². The number of aromatic nitrogens is 3. The number of nitrogens with zero attached hydrogens (tertiary/aromatic N) is 2. The Kier molecular flexibility index (Phi) is 3.37. The Bertz CT molecular complexity index is 625. The van der Waals surface area contributed by atoms with Gasteiger partial charge in [0.1, 0.15) is 5.82 Å². The average molecular weight is 282 g/mol. The Morgan fingerprint density at radius 3 is 2.86 bits per heavy atom. The van der Waals surface area contributed by atoms with E-state index in [9.17, 15) is 0 Å². The fourth-order valence-electron chi connectivity index (χ4n) is 3.67. The molecule has 1 aliphatic carbocycles. The lowest BCUT2D eigenvalue weighted by molar-refractivity contribution is 0.429. The first-order valence-electron chi connectivity index (χ1n) is 8.20. The van der Waals surface area contributed by atoms with Gasteiger partial charge in [0.25, 0.3) is 0 Å². The summed E-state index contributed by atoms with van der Waals surface area (Å²) >= 11 is 0. The molecule has 1 saturated carbocycles. The minimum atomic E-state index is 0.581. The summed E-state index contributed by atoms with van der Waals surface area (Å²) in [6.45, 7) is 1.07. The maximum absolute atomic E-state index is 4.82. The number of benzene rings is 1. The van der Waals surface area contributed by atoms with E-state index in [-0.39, 0.29) is 0 Å². The lowest BCUT2D eigenvalue weighted by Crippen LogP contribution is -2.12. The van der Waals surface area contributed by atoms with Crippen molar-refractivity contribution >= 4 is 5.69 Å². The number of fused-ring (bicyclic) bond motifs is 1. The number of hydrogen-bond donors (Lipinski definition) is 2. The molecule has 0 radical (unpaired) electrons. The van der Waals surface area contributed by atoms with Crippen LogP contribution in [0.4, 0.5) is 5.69 Å². The molecule has 21 heavy (non-hydrogen) atoms. The summed E-state index contributed by atoms with van der Waals surface area (Å²) in [5, 5.41) is 11.2. The predicted octanol–water partition coefficient (Wildman–Crippen LogP) is 3.88. The van der Waals surface area contributed by atoms with E-state index in [0.717, 1.165) is 24.6 Å². The quantitative estimate of drug-likeness (QED) is 0.879. The van der Waals surface area contributed by atoms with E-state index in [1.165, 1.54) is 55.3 Å². The van der Waals surface area contributed by atoms with Gasteiger partial charge in [0.2, 0.25) is 0 Å². The third kappa shape index (κ3) is 2.43. The first-order valence-corrected chi connectivity index (χ1v) is 8.20. The number of hydrogen-bond acceptors (Lipinski definition) is 3. The van der Waals surface area contributed by atoms with Crippen molar-refractivity contribution in [3.8, 4) is 11.4 Å². The second-order valence-corrected chi connectivity index (χ2v) is 6.24. The fraction of sp³-hybridized carbons (Fsp3) is 0.529. The normalized spacial score (nSPS) is 19.0. The third-order valence-corrected chi connectivity index (χ3v) is 4.83. The van der Waals surface area contributed by atoms with Crippen molar-refractivity contribution in [2.75, 3.05) is 11.9 Å². The van der Waals surface area contributed by atoms with Crippen molar-refractivity contribution in [1.29, 1.82) is 0 Å². The molecule has 2 N–H and O–H groups in total. The molecule has 0 amide bonds. The van der Waals surface area contributed by atoms with Crippen LogP contribution in [-0.2, 0) is 6.42 Å². The molecule has 4 nitrogen and oxygen atoms in total. The van der Waals surface area contributed by atoms with Crippen LogP contribution in [0, 0.1) is 0 Å². The van der Waals surface area contributed by atoms with Crippen molar-refractivity contribution < 1.29 is 0 Å². The number of aromatic amines is 1. The number of rotatable bonds is 2. The van der Waals surface area contributed by atoms with E-state index in [1.807, 2.05) is 0 Å². The van der Waals surface area contributed by atoms with E-state index in [2.05, 4.69) is 33.7 Å². The van der Waals surface area contributed by atoms with E-state index < -0.39 is 0 Å². The van der Waals surface area contributed by atoms with Crippen LogP contribution in [0.1, 0.15) is 55.8 Å². The zero-order chi connectivity index (χ0) is 14.1. The van der Waals surface area contributed by atoms with Crippen molar-refractivity contribution in [3.63, 3.8) is 0 Å². The molecule has 110 valence electrons. The van der Waals surface area contributed by atoms with Crippen LogP contribution in [0.15, 0.2) is 18.2 Å². The van der Waals surface area contributed by atoms with E-state index in [0.29, 0.717) is 5.92 Å². The van der Waals surface area contributed by atoms with Gasteiger partial charge in [-0.05, 0) is 37.3 Å². The van der Waals surface area contributed by atoms with Crippen molar-refractivity contribution in [3.05, 3.63) is 29.6 Å². The third-order valence-electron chi connectivity index (χ3n) is 4.83. The van der Waals surface area contributed by atoms with Gasteiger partial charge < -0.3 is 5.32 Å². The fourth-order valence-corrected chi connectivity index (χ4v) is 3.67. The van der Waals surface area contributed by atoms with Gasteiger partial charge in [0.15, 0.2) is 5.82 Å². The molecule has 0 saturated heterocycles. The van der Waals surface area contributed by atoms with Gasteiger partial charge in [0, 0.05) is 23.7 Å². The molecule has 2 heterocycles. The van der Waals surface area contributed by atoms with Crippen LogP contribution >= 0.6 is 0 Å². The van der Waals surface area contributed by atoms with E-state index in [4.69, 9.17) is 4.98 Å². The highest BCUT2D eigenvalue weighted by Gasteiger charge is 2.21. The Balaban J connectivity index is 1.66. The monoisotopic (exact) mass is 282 g/mol. The standard InChI is InChI=1S/C17H22N4/c1-2-6-12(7-3-1)16-19-17(21-20-16)14-8-4-10-15-13(14)9-5-11-18-15/h4,8,10,12,18H,1-3,5-7,9,11H2,(H,19,20,21). The van der Waals surface area contributed by atoms with Gasteiger partial charge in [-0.25, -0.2) is 4.98 Å².